The van der Waals surface area contributed by atoms with Crippen LogP contribution in [0.25, 0.3) is 0 Å². The summed E-state index contributed by atoms with van der Waals surface area (Å²) in [6.07, 6.45) is 2.02. The van der Waals surface area contributed by atoms with E-state index in [1.54, 1.807) is 0 Å². The van der Waals surface area contributed by atoms with E-state index >= 15 is 0 Å². The van der Waals surface area contributed by atoms with Crippen LogP contribution in [0.4, 0.5) is 11.4 Å². The fourth-order valence-corrected chi connectivity index (χ4v) is 1.91. The van der Waals surface area contributed by atoms with Crippen molar-refractivity contribution in [3.8, 4) is 5.75 Å². The molecule has 0 aliphatic carbocycles. The van der Waals surface area contributed by atoms with E-state index in [9.17, 15) is 4.79 Å². The lowest BCUT2D eigenvalue weighted by molar-refractivity contribution is -0.116. The maximum Gasteiger partial charge on any atom is 0.236 e. The molecular weight excluding hydrogens is 242 g/mol. The van der Waals surface area contributed by atoms with Gasteiger partial charge in [-0.2, -0.15) is 0 Å². The molecule has 0 saturated carbocycles. The van der Waals surface area contributed by atoms with Crippen molar-refractivity contribution >= 4 is 17.3 Å². The summed E-state index contributed by atoms with van der Waals surface area (Å²) in [5, 5.41) is 0. The van der Waals surface area contributed by atoms with Crippen LogP contribution in [0, 0.1) is 0 Å². The van der Waals surface area contributed by atoms with Crippen molar-refractivity contribution in [2.75, 3.05) is 30.3 Å². The number of primary amides is 1. The molecule has 0 aromatic heterocycles. The Morgan fingerprint density at radius 1 is 1.37 bits per heavy atom. The number of carbonyl (C=O) groups is 1. The molecule has 5 heteroatoms. The maximum absolute atomic E-state index is 11.2. The minimum atomic E-state index is -0.364. The van der Waals surface area contributed by atoms with Crippen molar-refractivity contribution in [1.29, 1.82) is 0 Å². The Labute approximate surface area is 114 Å². The number of unbranched alkanes of at least 4 members (excludes halogenated alkanes) is 1. The molecule has 1 aromatic carbocycles. The third-order valence-corrected chi connectivity index (χ3v) is 2.81. The number of ether oxygens (including phenoxy) is 1. The topological polar surface area (TPSA) is 81.6 Å². The quantitative estimate of drug-likeness (QED) is 0.702. The molecule has 0 atom stereocenters. The van der Waals surface area contributed by atoms with Crippen molar-refractivity contribution in [1.82, 2.24) is 0 Å². The lowest BCUT2D eigenvalue weighted by Gasteiger charge is -2.25. The Hall–Kier alpha value is -1.91. The van der Waals surface area contributed by atoms with Crippen molar-refractivity contribution < 1.29 is 9.53 Å². The standard InChI is InChI=1S/C14H23N3O2/c1-3-5-9-17(10-13(15)18)11-7-6-8-12(14(11)16)19-4-2/h6-8H,3-5,9-10,16H2,1-2H3,(H2,15,18). The Balaban J connectivity index is 2.99. The Morgan fingerprint density at radius 2 is 2.11 bits per heavy atom. The van der Waals surface area contributed by atoms with E-state index in [1.165, 1.54) is 0 Å². The normalized spacial score (nSPS) is 10.2. The summed E-state index contributed by atoms with van der Waals surface area (Å²) in [7, 11) is 0. The highest BCUT2D eigenvalue weighted by Gasteiger charge is 2.14. The average Bonchev–Trinajstić information content (AvgIpc) is 2.37. The van der Waals surface area contributed by atoms with Crippen molar-refractivity contribution in [3.63, 3.8) is 0 Å². The van der Waals surface area contributed by atoms with Gasteiger partial charge in [0.25, 0.3) is 0 Å². The van der Waals surface area contributed by atoms with Gasteiger partial charge in [-0.25, -0.2) is 0 Å². The van der Waals surface area contributed by atoms with Gasteiger partial charge in [0.15, 0.2) is 0 Å². The molecule has 0 bridgehead atoms. The van der Waals surface area contributed by atoms with Gasteiger partial charge in [-0.1, -0.05) is 19.4 Å². The van der Waals surface area contributed by atoms with Gasteiger partial charge in [0.2, 0.25) is 5.91 Å². The highest BCUT2D eigenvalue weighted by molar-refractivity contribution is 5.83. The van der Waals surface area contributed by atoms with Crippen LogP contribution in [0.1, 0.15) is 26.7 Å². The highest BCUT2D eigenvalue weighted by atomic mass is 16.5. The van der Waals surface area contributed by atoms with E-state index in [2.05, 4.69) is 6.92 Å². The molecule has 0 spiro atoms. The summed E-state index contributed by atoms with van der Waals surface area (Å²) in [6, 6.07) is 5.58. The summed E-state index contributed by atoms with van der Waals surface area (Å²) < 4.78 is 5.47. The van der Waals surface area contributed by atoms with Crippen LogP contribution in [0.5, 0.6) is 5.75 Å². The van der Waals surface area contributed by atoms with Gasteiger partial charge in [-0.3, -0.25) is 4.79 Å². The predicted molar refractivity (Wildman–Crippen MR) is 78.3 cm³/mol. The number of rotatable bonds is 8. The van der Waals surface area contributed by atoms with E-state index in [1.807, 2.05) is 30.0 Å². The first-order chi connectivity index (χ1) is 9.10. The lowest BCUT2D eigenvalue weighted by atomic mass is 10.2. The second-order valence-electron chi connectivity index (χ2n) is 4.36. The van der Waals surface area contributed by atoms with Crippen LogP contribution in [0.3, 0.4) is 0 Å². The largest absolute Gasteiger partial charge is 0.492 e. The first kappa shape index (κ1) is 15.1. The summed E-state index contributed by atoms with van der Waals surface area (Å²) in [6.45, 7) is 5.48. The Morgan fingerprint density at radius 3 is 2.68 bits per heavy atom. The monoisotopic (exact) mass is 265 g/mol. The van der Waals surface area contributed by atoms with Crippen molar-refractivity contribution in [2.24, 2.45) is 5.73 Å². The zero-order valence-electron chi connectivity index (χ0n) is 11.7. The minimum Gasteiger partial charge on any atom is -0.492 e. The molecule has 0 aliphatic rings. The van der Waals surface area contributed by atoms with Gasteiger partial charge >= 0.3 is 0 Å². The van der Waals surface area contributed by atoms with E-state index in [0.29, 0.717) is 18.0 Å². The molecule has 1 aromatic rings. The Bertz CT molecular complexity index is 421. The average molecular weight is 265 g/mol. The molecule has 1 rings (SSSR count). The smallest absolute Gasteiger partial charge is 0.236 e. The van der Waals surface area contributed by atoms with E-state index in [-0.39, 0.29) is 12.5 Å². The van der Waals surface area contributed by atoms with Crippen LogP contribution in [-0.2, 0) is 4.79 Å². The van der Waals surface area contributed by atoms with Crippen LogP contribution >= 0.6 is 0 Å². The summed E-state index contributed by atoms with van der Waals surface area (Å²) in [5.74, 6) is 0.281. The molecule has 0 aliphatic heterocycles. The van der Waals surface area contributed by atoms with E-state index < -0.39 is 0 Å². The van der Waals surface area contributed by atoms with Gasteiger partial charge in [-0.15, -0.1) is 0 Å². The Kier molecular flexibility index (Phi) is 5.99. The van der Waals surface area contributed by atoms with E-state index in [4.69, 9.17) is 16.2 Å². The van der Waals surface area contributed by atoms with Gasteiger partial charge in [0.05, 0.1) is 24.5 Å². The number of nitrogens with two attached hydrogens (primary N) is 2. The molecule has 1 amide bonds. The van der Waals surface area contributed by atoms with Gasteiger partial charge in [0, 0.05) is 6.54 Å². The number of anilines is 2. The summed E-state index contributed by atoms with van der Waals surface area (Å²) >= 11 is 0. The van der Waals surface area contributed by atoms with Crippen molar-refractivity contribution in [3.05, 3.63) is 18.2 Å². The first-order valence-electron chi connectivity index (χ1n) is 6.64. The number of hydrogen-bond acceptors (Lipinski definition) is 4. The maximum atomic E-state index is 11.2. The fourth-order valence-electron chi connectivity index (χ4n) is 1.91. The third-order valence-electron chi connectivity index (χ3n) is 2.81. The van der Waals surface area contributed by atoms with Crippen LogP contribution in [-0.4, -0.2) is 25.6 Å². The second kappa shape index (κ2) is 7.51. The van der Waals surface area contributed by atoms with Gasteiger partial charge in [-0.05, 0) is 25.5 Å². The van der Waals surface area contributed by atoms with E-state index in [0.717, 1.165) is 25.1 Å². The predicted octanol–water partition coefficient (Wildman–Crippen LogP) is 1.76. The number of amides is 1. The number of para-hydroxylation sites is 1. The zero-order chi connectivity index (χ0) is 14.3. The molecule has 0 radical (unpaired) electrons. The highest BCUT2D eigenvalue weighted by Crippen LogP contribution is 2.32. The molecule has 0 unspecified atom stereocenters. The molecule has 0 fully saturated rings. The summed E-state index contributed by atoms with van der Waals surface area (Å²) in [4.78, 5) is 13.1. The van der Waals surface area contributed by atoms with Gasteiger partial charge < -0.3 is 21.1 Å². The van der Waals surface area contributed by atoms with Crippen LogP contribution in [0.15, 0.2) is 18.2 Å². The molecule has 0 heterocycles. The zero-order valence-corrected chi connectivity index (χ0v) is 11.7. The van der Waals surface area contributed by atoms with Crippen LogP contribution in [0.2, 0.25) is 0 Å². The first-order valence-corrected chi connectivity index (χ1v) is 6.64. The molecule has 4 N–H and O–H groups in total. The van der Waals surface area contributed by atoms with Gasteiger partial charge in [0.1, 0.15) is 5.75 Å². The van der Waals surface area contributed by atoms with Crippen LogP contribution < -0.4 is 21.1 Å². The number of nitrogens with zero attached hydrogens (tertiary/aromatic N) is 1. The number of hydrogen-bond donors (Lipinski definition) is 2. The fraction of sp³-hybridized carbons (Fsp3) is 0.500. The second-order valence-corrected chi connectivity index (χ2v) is 4.36. The number of carbonyl (C=O) groups excluding carboxylic acids is 1. The molecular formula is C14H23N3O2. The summed E-state index contributed by atoms with van der Waals surface area (Å²) in [5.41, 5.74) is 12.8. The molecule has 106 valence electrons. The SMILES string of the molecule is CCCCN(CC(N)=O)c1cccc(OCC)c1N. The molecule has 5 nitrogen and oxygen atoms in total. The molecule has 19 heavy (non-hydrogen) atoms. The number of nitrogen functional groups attached to an aromatic ring is 1. The number of benzene rings is 1. The minimum absolute atomic E-state index is 0.166. The third kappa shape index (κ3) is 4.35. The molecule has 0 saturated heterocycles. The lowest BCUT2D eigenvalue weighted by Crippen LogP contribution is -2.35. The van der Waals surface area contributed by atoms with Crippen molar-refractivity contribution in [2.45, 2.75) is 26.7 Å².